The first-order valence-corrected chi connectivity index (χ1v) is 9.80. The van der Waals surface area contributed by atoms with Gasteiger partial charge in [0.1, 0.15) is 23.0 Å². The number of carbonyl (C=O) groups excluding carboxylic acids is 3. The molecular formula is C23H26N2O4. The molecule has 1 aliphatic heterocycles. The number of hydrogen-bond donors (Lipinski definition) is 1. The Hall–Kier alpha value is -2.94. The van der Waals surface area contributed by atoms with E-state index < -0.39 is 17.4 Å². The molecule has 0 bridgehead atoms. The van der Waals surface area contributed by atoms with Gasteiger partial charge in [0.2, 0.25) is 0 Å². The normalized spacial score (nSPS) is 22.8. The largest absolute Gasteiger partial charge is 0.389 e. The van der Waals surface area contributed by atoms with Crippen LogP contribution in [0.25, 0.3) is 0 Å². The van der Waals surface area contributed by atoms with Crippen LogP contribution in [0.1, 0.15) is 61.3 Å². The van der Waals surface area contributed by atoms with Crippen molar-refractivity contribution in [2.24, 2.45) is 11.1 Å². The predicted octanol–water partition coefficient (Wildman–Crippen LogP) is 2.59. The van der Waals surface area contributed by atoms with Gasteiger partial charge in [-0.1, -0.05) is 17.1 Å². The first kappa shape index (κ1) is 20.8. The van der Waals surface area contributed by atoms with Gasteiger partial charge in [-0.2, -0.15) is 0 Å². The van der Waals surface area contributed by atoms with Crippen LogP contribution in [0.4, 0.5) is 0 Å². The van der Waals surface area contributed by atoms with Gasteiger partial charge in [-0.3, -0.25) is 14.4 Å². The SMILES string of the molecule is C#Cc1cc(C)cc(C)c1C1C(=O)CC(CCNC(=O)C2=NOC(C)(C)C2)C1=O. The van der Waals surface area contributed by atoms with Crippen LogP contribution in [0.5, 0.6) is 0 Å². The second-order valence-corrected chi connectivity index (χ2v) is 8.50. The second-order valence-electron chi connectivity index (χ2n) is 8.50. The van der Waals surface area contributed by atoms with E-state index in [1.807, 2.05) is 39.8 Å². The predicted molar refractivity (Wildman–Crippen MR) is 110 cm³/mol. The van der Waals surface area contributed by atoms with Crippen molar-refractivity contribution in [3.8, 4) is 12.3 Å². The van der Waals surface area contributed by atoms with Gasteiger partial charge in [0.15, 0.2) is 5.78 Å². The van der Waals surface area contributed by atoms with Crippen LogP contribution in [0.3, 0.4) is 0 Å². The minimum absolute atomic E-state index is 0.106. The lowest BCUT2D eigenvalue weighted by Crippen LogP contribution is -2.34. The molecule has 6 nitrogen and oxygen atoms in total. The molecule has 2 aliphatic rings. The van der Waals surface area contributed by atoms with Crippen molar-refractivity contribution in [1.82, 2.24) is 5.32 Å². The molecule has 1 aromatic rings. The Kier molecular flexibility index (Phi) is 5.61. The molecule has 0 aromatic heterocycles. The highest BCUT2D eigenvalue weighted by Gasteiger charge is 2.43. The zero-order valence-corrected chi connectivity index (χ0v) is 17.3. The quantitative estimate of drug-likeness (QED) is 0.614. The number of hydrogen-bond acceptors (Lipinski definition) is 5. The average Bonchev–Trinajstić information content (AvgIpc) is 3.14. The second kappa shape index (κ2) is 7.82. The van der Waals surface area contributed by atoms with E-state index in [0.717, 1.165) is 11.1 Å². The molecule has 6 heteroatoms. The molecule has 152 valence electrons. The standard InChI is InChI=1S/C23H26N2O4/c1-6-15-10-13(2)9-14(3)19(15)20-18(26)11-16(21(20)27)7-8-24-22(28)17-12-23(4,5)29-25-17/h1,9-10,16,20H,7-8,11-12H2,2-5H3,(H,24,28). The number of amides is 1. The van der Waals surface area contributed by atoms with Gasteiger partial charge in [0.25, 0.3) is 5.91 Å². The number of aryl methyl sites for hydroxylation is 2. The summed E-state index contributed by atoms with van der Waals surface area (Å²) in [7, 11) is 0. The fraction of sp³-hybridized carbons (Fsp3) is 0.478. The monoisotopic (exact) mass is 394 g/mol. The Morgan fingerprint density at radius 1 is 1.34 bits per heavy atom. The maximum absolute atomic E-state index is 13.0. The summed E-state index contributed by atoms with van der Waals surface area (Å²) in [6.07, 6.45) is 6.64. The molecule has 3 rings (SSSR count). The number of benzene rings is 1. The molecule has 1 saturated carbocycles. The van der Waals surface area contributed by atoms with E-state index in [1.165, 1.54) is 0 Å². The molecule has 1 amide bonds. The molecule has 0 radical (unpaired) electrons. The molecule has 1 heterocycles. The minimum atomic E-state index is -0.809. The lowest BCUT2D eigenvalue weighted by Gasteiger charge is -2.16. The van der Waals surface area contributed by atoms with Gasteiger partial charge >= 0.3 is 0 Å². The molecule has 1 aliphatic carbocycles. The topological polar surface area (TPSA) is 84.8 Å². The van der Waals surface area contributed by atoms with Crippen molar-refractivity contribution in [3.05, 3.63) is 34.4 Å². The zero-order chi connectivity index (χ0) is 21.3. The van der Waals surface area contributed by atoms with Crippen molar-refractivity contribution in [3.63, 3.8) is 0 Å². The molecule has 2 unspecified atom stereocenters. The number of nitrogens with one attached hydrogen (secondary N) is 1. The molecule has 0 saturated heterocycles. The highest BCUT2D eigenvalue weighted by Crippen LogP contribution is 2.37. The molecule has 2 atom stereocenters. The van der Waals surface area contributed by atoms with Crippen molar-refractivity contribution < 1.29 is 19.2 Å². The van der Waals surface area contributed by atoms with E-state index in [9.17, 15) is 14.4 Å². The summed E-state index contributed by atoms with van der Waals surface area (Å²) in [5, 5.41) is 6.59. The summed E-state index contributed by atoms with van der Waals surface area (Å²) < 4.78 is 0. The van der Waals surface area contributed by atoms with Gasteiger partial charge in [0.05, 0.1) is 0 Å². The maximum atomic E-state index is 13.0. The van der Waals surface area contributed by atoms with Crippen LogP contribution in [-0.2, 0) is 19.2 Å². The molecule has 1 aromatic carbocycles. The Labute approximate surface area is 171 Å². The van der Waals surface area contributed by atoms with Crippen LogP contribution in [-0.4, -0.2) is 35.3 Å². The number of Topliss-reactive ketones (excluding diaryl/α,β-unsaturated/α-hetero) is 2. The summed E-state index contributed by atoms with van der Waals surface area (Å²) in [6.45, 7) is 7.82. The summed E-state index contributed by atoms with van der Waals surface area (Å²) in [4.78, 5) is 43.1. The van der Waals surface area contributed by atoms with Crippen molar-refractivity contribution in [1.29, 1.82) is 0 Å². The fourth-order valence-electron chi connectivity index (χ4n) is 4.11. The minimum Gasteiger partial charge on any atom is -0.389 e. The van der Waals surface area contributed by atoms with Gasteiger partial charge in [0, 0.05) is 30.9 Å². The highest BCUT2D eigenvalue weighted by molar-refractivity contribution is 6.39. The summed E-state index contributed by atoms with van der Waals surface area (Å²) in [6, 6.07) is 3.78. The highest BCUT2D eigenvalue weighted by atomic mass is 16.7. The summed E-state index contributed by atoms with van der Waals surface area (Å²) in [5.41, 5.74) is 2.98. The lowest BCUT2D eigenvalue weighted by molar-refractivity contribution is -0.125. The zero-order valence-electron chi connectivity index (χ0n) is 17.3. The van der Waals surface area contributed by atoms with Crippen LogP contribution < -0.4 is 5.32 Å². The molecule has 29 heavy (non-hydrogen) atoms. The summed E-state index contributed by atoms with van der Waals surface area (Å²) >= 11 is 0. The number of rotatable bonds is 5. The molecular weight excluding hydrogens is 368 g/mol. The molecule has 0 spiro atoms. The fourth-order valence-corrected chi connectivity index (χ4v) is 4.11. The number of oxime groups is 1. The number of carbonyl (C=O) groups is 3. The maximum Gasteiger partial charge on any atom is 0.269 e. The first-order valence-electron chi connectivity index (χ1n) is 9.80. The van der Waals surface area contributed by atoms with E-state index in [-0.39, 0.29) is 23.9 Å². The van der Waals surface area contributed by atoms with Crippen molar-refractivity contribution >= 4 is 23.2 Å². The van der Waals surface area contributed by atoms with Gasteiger partial charge in [-0.05, 0) is 56.9 Å². The number of ketones is 2. The van der Waals surface area contributed by atoms with E-state index in [2.05, 4.69) is 16.4 Å². The lowest BCUT2D eigenvalue weighted by atomic mass is 9.86. The van der Waals surface area contributed by atoms with E-state index in [0.29, 0.717) is 36.2 Å². The Balaban J connectivity index is 1.65. The van der Waals surface area contributed by atoms with E-state index in [4.69, 9.17) is 11.3 Å². The third-order valence-electron chi connectivity index (χ3n) is 5.47. The van der Waals surface area contributed by atoms with Crippen LogP contribution in [0.2, 0.25) is 0 Å². The van der Waals surface area contributed by atoms with E-state index in [1.54, 1.807) is 0 Å². The Bertz CT molecular complexity index is 952. The van der Waals surface area contributed by atoms with Crippen molar-refractivity contribution in [2.45, 2.75) is 58.5 Å². The molecule has 1 N–H and O–H groups in total. The van der Waals surface area contributed by atoms with Gasteiger partial charge < -0.3 is 10.2 Å². The molecule has 1 fully saturated rings. The number of terminal acetylenes is 1. The summed E-state index contributed by atoms with van der Waals surface area (Å²) in [5.74, 6) is 0.871. The average molecular weight is 394 g/mol. The van der Waals surface area contributed by atoms with E-state index >= 15 is 0 Å². The number of nitrogens with zero attached hydrogens (tertiary/aromatic N) is 1. The van der Waals surface area contributed by atoms with Crippen LogP contribution in [0.15, 0.2) is 17.3 Å². The van der Waals surface area contributed by atoms with Gasteiger partial charge in [-0.15, -0.1) is 6.42 Å². The van der Waals surface area contributed by atoms with Crippen LogP contribution in [0, 0.1) is 32.1 Å². The van der Waals surface area contributed by atoms with Crippen molar-refractivity contribution in [2.75, 3.05) is 6.54 Å². The smallest absolute Gasteiger partial charge is 0.269 e. The first-order chi connectivity index (χ1) is 13.6. The van der Waals surface area contributed by atoms with Gasteiger partial charge in [-0.25, -0.2) is 0 Å². The Morgan fingerprint density at radius 3 is 2.69 bits per heavy atom. The Morgan fingerprint density at radius 2 is 2.07 bits per heavy atom. The third kappa shape index (κ3) is 4.24. The third-order valence-corrected chi connectivity index (χ3v) is 5.47. The van der Waals surface area contributed by atoms with Crippen LogP contribution >= 0.6 is 0 Å².